The van der Waals surface area contributed by atoms with E-state index in [1.165, 1.54) is 30.3 Å². The molecule has 0 unspecified atom stereocenters. The molecule has 0 aliphatic heterocycles. The van der Waals surface area contributed by atoms with Crippen LogP contribution < -0.4 is 0 Å². The summed E-state index contributed by atoms with van der Waals surface area (Å²) in [5.41, 5.74) is 0. The lowest BCUT2D eigenvalue weighted by Crippen LogP contribution is -2.01. The maximum Gasteiger partial charge on any atom is 0.206 e. The van der Waals surface area contributed by atoms with Crippen molar-refractivity contribution >= 4 is 44.6 Å². The van der Waals surface area contributed by atoms with Crippen LogP contribution in [0.1, 0.15) is 0 Å². The van der Waals surface area contributed by atoms with E-state index in [-0.39, 0.29) is 19.8 Å². The minimum atomic E-state index is -3.66. The third-order valence-corrected chi connectivity index (χ3v) is 4.66. The summed E-state index contributed by atoms with van der Waals surface area (Å²) in [5.74, 6) is 0. The van der Waals surface area contributed by atoms with Crippen LogP contribution in [0.25, 0.3) is 0 Å². The van der Waals surface area contributed by atoms with Crippen molar-refractivity contribution in [3.05, 3.63) is 57.5 Å². The first-order chi connectivity index (χ1) is 8.39. The summed E-state index contributed by atoms with van der Waals surface area (Å²) in [5, 5.41) is 0.885. The molecule has 0 amide bonds. The van der Waals surface area contributed by atoms with Crippen molar-refractivity contribution in [2.24, 2.45) is 0 Å². The van der Waals surface area contributed by atoms with Gasteiger partial charge in [0.05, 0.1) is 9.79 Å². The average Bonchev–Trinajstić information content (AvgIpc) is 2.27. The molecule has 0 fully saturated rings. The van der Waals surface area contributed by atoms with Crippen LogP contribution in [0.3, 0.4) is 0 Å². The highest BCUT2D eigenvalue weighted by Crippen LogP contribution is 2.28. The zero-order valence-electron chi connectivity index (χ0n) is 8.90. The zero-order valence-corrected chi connectivity index (χ0v) is 12.0. The first-order valence-electron chi connectivity index (χ1n) is 4.86. The average molecular weight is 322 g/mol. The van der Waals surface area contributed by atoms with Crippen molar-refractivity contribution in [3.8, 4) is 0 Å². The molecule has 0 aliphatic carbocycles. The maximum atomic E-state index is 12.3. The molecule has 2 rings (SSSR count). The molecule has 2 aromatic rings. The van der Waals surface area contributed by atoms with E-state index in [1.807, 2.05) is 0 Å². The van der Waals surface area contributed by atoms with E-state index in [4.69, 9.17) is 34.8 Å². The van der Waals surface area contributed by atoms with Gasteiger partial charge in [-0.05, 0) is 36.4 Å². The molecule has 0 radical (unpaired) electrons. The minimum absolute atomic E-state index is 0.0438. The Hall–Kier alpha value is -0.740. The fraction of sp³-hybridized carbons (Fsp3) is 0. The summed E-state index contributed by atoms with van der Waals surface area (Å²) in [4.78, 5) is 0.149. The second-order valence-electron chi connectivity index (χ2n) is 3.57. The second-order valence-corrected chi connectivity index (χ2v) is 6.82. The molecule has 0 spiro atoms. The molecule has 0 bridgehead atoms. The van der Waals surface area contributed by atoms with Gasteiger partial charge in [0.25, 0.3) is 0 Å². The maximum absolute atomic E-state index is 12.3. The smallest absolute Gasteiger partial charge is 0.206 e. The monoisotopic (exact) mass is 320 g/mol. The van der Waals surface area contributed by atoms with Gasteiger partial charge in [-0.3, -0.25) is 0 Å². The van der Waals surface area contributed by atoms with Gasteiger partial charge in [0.1, 0.15) is 0 Å². The molecule has 2 aromatic carbocycles. The SMILES string of the molecule is O=S(=O)(c1cccc(Cl)c1)c1cc(Cl)cc(Cl)c1. The van der Waals surface area contributed by atoms with E-state index >= 15 is 0 Å². The molecule has 0 heterocycles. The fourth-order valence-corrected chi connectivity index (χ4v) is 3.74. The van der Waals surface area contributed by atoms with Gasteiger partial charge >= 0.3 is 0 Å². The van der Waals surface area contributed by atoms with Crippen LogP contribution >= 0.6 is 34.8 Å². The van der Waals surface area contributed by atoms with E-state index in [0.29, 0.717) is 5.02 Å². The molecule has 2 nitrogen and oxygen atoms in total. The quantitative estimate of drug-likeness (QED) is 0.817. The highest BCUT2D eigenvalue weighted by atomic mass is 35.5. The van der Waals surface area contributed by atoms with E-state index in [1.54, 1.807) is 12.1 Å². The molecule has 0 atom stereocenters. The lowest BCUT2D eigenvalue weighted by Gasteiger charge is -2.06. The lowest BCUT2D eigenvalue weighted by molar-refractivity contribution is 0.596. The molecule has 6 heteroatoms. The summed E-state index contributed by atoms with van der Waals surface area (Å²) >= 11 is 17.4. The molecule has 0 aliphatic rings. The summed E-state index contributed by atoms with van der Waals surface area (Å²) in [7, 11) is -3.66. The van der Waals surface area contributed by atoms with Crippen LogP contribution in [-0.4, -0.2) is 8.42 Å². The molecule has 0 saturated carbocycles. The number of hydrogen-bond acceptors (Lipinski definition) is 2. The standard InChI is InChI=1S/C12H7Cl3O2S/c13-8-2-1-3-11(5-8)18(16,17)12-6-9(14)4-10(15)7-12/h1-7H. The van der Waals surface area contributed by atoms with Crippen LogP contribution in [0.2, 0.25) is 15.1 Å². The molecule has 0 saturated heterocycles. The van der Waals surface area contributed by atoms with Crippen molar-refractivity contribution in [3.63, 3.8) is 0 Å². The molecule has 18 heavy (non-hydrogen) atoms. The number of halogens is 3. The van der Waals surface area contributed by atoms with Gasteiger partial charge in [-0.1, -0.05) is 40.9 Å². The lowest BCUT2D eigenvalue weighted by atomic mass is 10.4. The zero-order chi connectivity index (χ0) is 13.3. The summed E-state index contributed by atoms with van der Waals surface area (Å²) < 4.78 is 24.6. The van der Waals surface area contributed by atoms with E-state index in [9.17, 15) is 8.42 Å². The van der Waals surface area contributed by atoms with Crippen molar-refractivity contribution in [2.75, 3.05) is 0 Å². The summed E-state index contributed by atoms with van der Waals surface area (Å²) in [6.07, 6.45) is 0. The van der Waals surface area contributed by atoms with Crippen molar-refractivity contribution in [1.29, 1.82) is 0 Å². The number of benzene rings is 2. The van der Waals surface area contributed by atoms with Crippen LogP contribution in [0.5, 0.6) is 0 Å². The number of hydrogen-bond donors (Lipinski definition) is 0. The molecule has 94 valence electrons. The van der Waals surface area contributed by atoms with Crippen LogP contribution in [0.15, 0.2) is 52.3 Å². The first kappa shape index (κ1) is 13.7. The largest absolute Gasteiger partial charge is 0.219 e. The van der Waals surface area contributed by atoms with Gasteiger partial charge in [0.2, 0.25) is 9.84 Å². The van der Waals surface area contributed by atoms with Crippen molar-refractivity contribution < 1.29 is 8.42 Å². The van der Waals surface area contributed by atoms with Crippen molar-refractivity contribution in [1.82, 2.24) is 0 Å². The predicted molar refractivity (Wildman–Crippen MR) is 73.4 cm³/mol. The predicted octanol–water partition coefficient (Wildman–Crippen LogP) is 4.48. The van der Waals surface area contributed by atoms with Gasteiger partial charge < -0.3 is 0 Å². The van der Waals surface area contributed by atoms with E-state index in [0.717, 1.165) is 0 Å². The van der Waals surface area contributed by atoms with Gasteiger partial charge in [-0.2, -0.15) is 0 Å². The second kappa shape index (κ2) is 5.10. The highest BCUT2D eigenvalue weighted by molar-refractivity contribution is 7.91. The van der Waals surface area contributed by atoms with Crippen LogP contribution in [0, 0.1) is 0 Å². The Kier molecular flexibility index (Phi) is 3.87. The Morgan fingerprint density at radius 1 is 0.722 bits per heavy atom. The topological polar surface area (TPSA) is 34.1 Å². The molecule has 0 N–H and O–H groups in total. The van der Waals surface area contributed by atoms with Gasteiger partial charge in [0, 0.05) is 15.1 Å². The summed E-state index contributed by atoms with van der Waals surface area (Å²) in [6.45, 7) is 0. The van der Waals surface area contributed by atoms with Gasteiger partial charge in [0.15, 0.2) is 0 Å². The Morgan fingerprint density at radius 2 is 1.28 bits per heavy atom. The minimum Gasteiger partial charge on any atom is -0.219 e. The first-order valence-corrected chi connectivity index (χ1v) is 7.48. The number of sulfone groups is 1. The van der Waals surface area contributed by atoms with E-state index < -0.39 is 9.84 Å². The van der Waals surface area contributed by atoms with Crippen molar-refractivity contribution in [2.45, 2.75) is 9.79 Å². The fourth-order valence-electron chi connectivity index (χ4n) is 1.45. The normalized spacial score (nSPS) is 11.5. The molecular weight excluding hydrogens is 315 g/mol. The van der Waals surface area contributed by atoms with E-state index in [2.05, 4.69) is 0 Å². The summed E-state index contributed by atoms with van der Waals surface area (Å²) in [6, 6.07) is 10.2. The Balaban J connectivity index is 2.61. The molecule has 0 aromatic heterocycles. The van der Waals surface area contributed by atoms with Crippen LogP contribution in [0.4, 0.5) is 0 Å². The van der Waals surface area contributed by atoms with Gasteiger partial charge in [-0.15, -0.1) is 0 Å². The third-order valence-electron chi connectivity index (χ3n) is 2.25. The Morgan fingerprint density at radius 3 is 1.83 bits per heavy atom. The Labute approximate surface area is 120 Å². The van der Waals surface area contributed by atoms with Gasteiger partial charge in [-0.25, -0.2) is 8.42 Å². The highest BCUT2D eigenvalue weighted by Gasteiger charge is 2.18. The number of rotatable bonds is 2. The van der Waals surface area contributed by atoms with Crippen LogP contribution in [-0.2, 0) is 9.84 Å². The molecular formula is C12H7Cl3O2S. The Bertz CT molecular complexity index is 676. The third kappa shape index (κ3) is 2.81.